The van der Waals surface area contributed by atoms with E-state index in [9.17, 15) is 10.1 Å². The number of carbonyl (C=O) groups is 1. The Morgan fingerprint density at radius 3 is 2.38 bits per heavy atom. The monoisotopic (exact) mass is 462 g/mol. The summed E-state index contributed by atoms with van der Waals surface area (Å²) in [5, 5.41) is 9.77. The molecule has 0 aliphatic carbocycles. The fourth-order valence-corrected chi connectivity index (χ4v) is 4.26. The quantitative estimate of drug-likeness (QED) is 0.587. The lowest BCUT2D eigenvalue weighted by Gasteiger charge is -2.27. The molecular formula is C27H30N2O5. The van der Waals surface area contributed by atoms with Gasteiger partial charge in [-0.3, -0.25) is 0 Å². The highest BCUT2D eigenvalue weighted by atomic mass is 16.5. The number of ether oxygens (including phenoxy) is 4. The Balaban J connectivity index is 1.99. The van der Waals surface area contributed by atoms with E-state index in [-0.39, 0.29) is 23.6 Å². The van der Waals surface area contributed by atoms with Crippen LogP contribution in [0.4, 0.5) is 0 Å². The zero-order chi connectivity index (χ0) is 25.0. The van der Waals surface area contributed by atoms with Crippen molar-refractivity contribution in [2.75, 3.05) is 13.7 Å². The van der Waals surface area contributed by atoms with Gasteiger partial charge in [-0.15, -0.1) is 0 Å². The molecule has 0 unspecified atom stereocenters. The highest BCUT2D eigenvalue weighted by molar-refractivity contribution is 5.92. The number of aryl methyl sites for hydroxylation is 3. The molecule has 1 atom stereocenters. The first-order chi connectivity index (χ1) is 16.2. The van der Waals surface area contributed by atoms with Gasteiger partial charge in [0.15, 0.2) is 11.5 Å². The van der Waals surface area contributed by atoms with Crippen molar-refractivity contribution in [3.63, 3.8) is 0 Å². The maximum atomic E-state index is 12.7. The summed E-state index contributed by atoms with van der Waals surface area (Å²) < 4.78 is 22.4. The van der Waals surface area contributed by atoms with E-state index in [1.54, 1.807) is 39.2 Å². The molecular weight excluding hydrogens is 432 g/mol. The van der Waals surface area contributed by atoms with Crippen LogP contribution < -0.4 is 15.2 Å². The lowest BCUT2D eigenvalue weighted by Crippen LogP contribution is -2.25. The molecule has 0 amide bonds. The molecule has 0 saturated carbocycles. The second kappa shape index (κ2) is 10.3. The number of nitrogens with zero attached hydrogens (tertiary/aromatic N) is 1. The van der Waals surface area contributed by atoms with Crippen molar-refractivity contribution in [2.45, 2.75) is 47.1 Å². The summed E-state index contributed by atoms with van der Waals surface area (Å²) in [6, 6.07) is 11.6. The third-order valence-electron chi connectivity index (χ3n) is 5.83. The first-order valence-electron chi connectivity index (χ1n) is 11.0. The Bertz CT molecular complexity index is 1200. The first kappa shape index (κ1) is 24.7. The van der Waals surface area contributed by atoms with Gasteiger partial charge in [0.2, 0.25) is 5.88 Å². The van der Waals surface area contributed by atoms with Crippen molar-refractivity contribution in [3.8, 4) is 17.6 Å². The van der Waals surface area contributed by atoms with E-state index < -0.39 is 11.9 Å². The first-order valence-corrected chi connectivity index (χ1v) is 11.0. The number of nitriles is 1. The molecule has 7 heteroatoms. The summed E-state index contributed by atoms with van der Waals surface area (Å²) in [5.74, 6) is -0.0286. The number of esters is 1. The Morgan fingerprint density at radius 2 is 1.79 bits per heavy atom. The van der Waals surface area contributed by atoms with Crippen LogP contribution in [0.3, 0.4) is 0 Å². The second-order valence-corrected chi connectivity index (χ2v) is 8.19. The highest BCUT2D eigenvalue weighted by Crippen LogP contribution is 2.42. The summed E-state index contributed by atoms with van der Waals surface area (Å²) in [6.45, 7) is 10.1. The molecule has 7 nitrogen and oxygen atoms in total. The minimum Gasteiger partial charge on any atom is -0.493 e. The van der Waals surface area contributed by atoms with Crippen molar-refractivity contribution in [1.29, 1.82) is 5.26 Å². The van der Waals surface area contributed by atoms with Crippen molar-refractivity contribution >= 4 is 5.97 Å². The van der Waals surface area contributed by atoms with Crippen molar-refractivity contribution < 1.29 is 23.7 Å². The standard InChI is InChI=1S/C27H30N2O5/c1-7-32-27(30)24-18(5)34-26(29)20(13-28)25(24)19-8-9-22(23(12-19)31-6)33-14-21-16(3)10-15(2)11-17(21)4/h8-12,25H,7,14,29H2,1-6H3/t25-/m1/s1. The summed E-state index contributed by atoms with van der Waals surface area (Å²) in [4.78, 5) is 12.7. The van der Waals surface area contributed by atoms with Gasteiger partial charge in [0, 0.05) is 0 Å². The summed E-state index contributed by atoms with van der Waals surface area (Å²) >= 11 is 0. The SMILES string of the molecule is CCOC(=O)C1=C(C)OC(N)=C(C#N)[C@H]1c1ccc(OCc2c(C)cc(C)cc2C)c(OC)c1. The number of allylic oxidation sites excluding steroid dienone is 2. The molecule has 0 bridgehead atoms. The van der Waals surface area contributed by atoms with Gasteiger partial charge in [0.1, 0.15) is 24.0 Å². The van der Waals surface area contributed by atoms with Crippen molar-refractivity contribution in [3.05, 3.63) is 80.9 Å². The zero-order valence-electron chi connectivity index (χ0n) is 20.4. The van der Waals surface area contributed by atoms with E-state index in [2.05, 4.69) is 39.0 Å². The topological polar surface area (TPSA) is 104 Å². The van der Waals surface area contributed by atoms with E-state index >= 15 is 0 Å². The van der Waals surface area contributed by atoms with E-state index in [1.165, 1.54) is 5.56 Å². The molecule has 1 heterocycles. The Labute approximate surface area is 200 Å². The molecule has 1 aliphatic heterocycles. The number of benzene rings is 2. The fraction of sp³-hybridized carbons (Fsp3) is 0.333. The molecule has 0 fully saturated rings. The molecule has 2 aromatic rings. The normalized spacial score (nSPS) is 15.5. The smallest absolute Gasteiger partial charge is 0.338 e. The number of carbonyl (C=O) groups excluding carboxylic acids is 1. The number of methoxy groups -OCH3 is 1. The van der Waals surface area contributed by atoms with Crippen LogP contribution in [0.2, 0.25) is 0 Å². The van der Waals surface area contributed by atoms with Crippen LogP contribution in [0.25, 0.3) is 0 Å². The third kappa shape index (κ3) is 4.86. The predicted molar refractivity (Wildman–Crippen MR) is 128 cm³/mol. The number of hydrogen-bond acceptors (Lipinski definition) is 7. The number of rotatable bonds is 7. The number of hydrogen-bond donors (Lipinski definition) is 1. The molecule has 1 aliphatic rings. The summed E-state index contributed by atoms with van der Waals surface area (Å²) in [6.07, 6.45) is 0. The zero-order valence-corrected chi connectivity index (χ0v) is 20.4. The van der Waals surface area contributed by atoms with Gasteiger partial charge < -0.3 is 24.7 Å². The van der Waals surface area contributed by atoms with E-state index in [0.29, 0.717) is 29.4 Å². The molecule has 0 radical (unpaired) electrons. The van der Waals surface area contributed by atoms with E-state index in [0.717, 1.165) is 16.7 Å². The van der Waals surface area contributed by atoms with Crippen LogP contribution in [0, 0.1) is 32.1 Å². The van der Waals surface area contributed by atoms with Gasteiger partial charge in [-0.1, -0.05) is 23.8 Å². The van der Waals surface area contributed by atoms with Gasteiger partial charge in [0.05, 0.1) is 25.2 Å². The van der Waals surface area contributed by atoms with Crippen molar-refractivity contribution in [1.82, 2.24) is 0 Å². The minimum absolute atomic E-state index is 0.0392. The van der Waals surface area contributed by atoms with Gasteiger partial charge in [-0.2, -0.15) is 5.26 Å². The fourth-order valence-electron chi connectivity index (χ4n) is 4.26. The number of nitrogens with two attached hydrogens (primary N) is 1. The molecule has 0 aromatic heterocycles. The Hall–Kier alpha value is -3.92. The Kier molecular flexibility index (Phi) is 7.52. The molecule has 0 saturated heterocycles. The maximum absolute atomic E-state index is 12.7. The average molecular weight is 463 g/mol. The van der Waals surface area contributed by atoms with Crippen LogP contribution in [0.1, 0.15) is 47.6 Å². The highest BCUT2D eigenvalue weighted by Gasteiger charge is 2.36. The second-order valence-electron chi connectivity index (χ2n) is 8.19. The Morgan fingerprint density at radius 1 is 1.12 bits per heavy atom. The van der Waals surface area contributed by atoms with Crippen molar-refractivity contribution in [2.24, 2.45) is 5.73 Å². The predicted octanol–water partition coefficient (Wildman–Crippen LogP) is 4.84. The van der Waals surface area contributed by atoms with E-state index in [4.69, 9.17) is 24.7 Å². The minimum atomic E-state index is -0.748. The van der Waals surface area contributed by atoms with Gasteiger partial charge >= 0.3 is 5.97 Å². The lowest BCUT2D eigenvalue weighted by atomic mass is 9.83. The van der Waals surface area contributed by atoms with Gasteiger partial charge in [-0.05, 0) is 69.0 Å². The van der Waals surface area contributed by atoms with Gasteiger partial charge in [0.25, 0.3) is 0 Å². The molecule has 3 rings (SSSR count). The summed E-state index contributed by atoms with van der Waals surface area (Å²) in [5.41, 5.74) is 11.6. The van der Waals surface area contributed by atoms with Crippen LogP contribution in [-0.4, -0.2) is 19.7 Å². The lowest BCUT2D eigenvalue weighted by molar-refractivity contribution is -0.139. The van der Waals surface area contributed by atoms with Crippen LogP contribution in [0.5, 0.6) is 11.5 Å². The van der Waals surface area contributed by atoms with Crippen LogP contribution in [0.15, 0.2) is 53.1 Å². The third-order valence-corrected chi connectivity index (χ3v) is 5.83. The van der Waals surface area contributed by atoms with Crippen LogP contribution in [-0.2, 0) is 20.9 Å². The van der Waals surface area contributed by atoms with Gasteiger partial charge in [-0.25, -0.2) is 4.79 Å². The maximum Gasteiger partial charge on any atom is 0.338 e. The molecule has 178 valence electrons. The molecule has 2 N–H and O–H groups in total. The molecule has 34 heavy (non-hydrogen) atoms. The molecule has 2 aromatic carbocycles. The largest absolute Gasteiger partial charge is 0.493 e. The average Bonchev–Trinajstić information content (AvgIpc) is 2.78. The van der Waals surface area contributed by atoms with E-state index in [1.807, 2.05) is 0 Å². The molecule has 0 spiro atoms. The van der Waals surface area contributed by atoms with Crippen LogP contribution >= 0.6 is 0 Å². The summed E-state index contributed by atoms with van der Waals surface area (Å²) in [7, 11) is 1.54.